The number of carboxylic acids is 1. The van der Waals surface area contributed by atoms with E-state index in [2.05, 4.69) is 0 Å². The molecule has 0 bridgehead atoms. The molecule has 0 radical (unpaired) electrons. The van der Waals surface area contributed by atoms with Crippen molar-refractivity contribution in [2.24, 2.45) is 0 Å². The molecule has 0 spiro atoms. The van der Waals surface area contributed by atoms with Crippen LogP contribution in [-0.4, -0.2) is 18.4 Å². The van der Waals surface area contributed by atoms with Crippen LogP contribution in [0.1, 0.15) is 15.9 Å². The van der Waals surface area contributed by atoms with E-state index in [4.69, 9.17) is 4.74 Å². The predicted molar refractivity (Wildman–Crippen MR) is 76.7 cm³/mol. The summed E-state index contributed by atoms with van der Waals surface area (Å²) in [4.78, 5) is 22.2. The zero-order valence-corrected chi connectivity index (χ0v) is 11.5. The number of ether oxygens (including phenoxy) is 1. The fourth-order valence-corrected chi connectivity index (χ4v) is 1.74. The second-order valence-corrected chi connectivity index (χ2v) is 4.44. The lowest BCUT2D eigenvalue weighted by molar-refractivity contribution is -0.307. The Labute approximate surface area is 126 Å². The van der Waals surface area contributed by atoms with Crippen molar-refractivity contribution < 1.29 is 23.8 Å². The summed E-state index contributed by atoms with van der Waals surface area (Å²) >= 11 is 0. The Morgan fingerprint density at radius 2 is 1.86 bits per heavy atom. The van der Waals surface area contributed by atoms with Crippen molar-refractivity contribution in [1.29, 1.82) is 0 Å². The average Bonchev–Trinajstić information content (AvgIpc) is 2.51. The molecule has 0 amide bonds. The number of halogens is 1. The lowest BCUT2D eigenvalue weighted by Crippen LogP contribution is -2.28. The zero-order chi connectivity index (χ0) is 15.9. The van der Waals surface area contributed by atoms with Crippen molar-refractivity contribution in [2.45, 2.75) is 0 Å². The lowest BCUT2D eigenvalue weighted by Gasteiger charge is -2.06. The van der Waals surface area contributed by atoms with Crippen molar-refractivity contribution in [3.8, 4) is 5.75 Å². The first-order valence-electron chi connectivity index (χ1n) is 6.45. The van der Waals surface area contributed by atoms with Crippen LogP contribution in [0.5, 0.6) is 5.75 Å². The van der Waals surface area contributed by atoms with Gasteiger partial charge in [-0.05, 0) is 48.0 Å². The third-order valence-corrected chi connectivity index (χ3v) is 2.77. The lowest BCUT2D eigenvalue weighted by atomic mass is 10.1. The maximum atomic E-state index is 13.0. The highest BCUT2D eigenvalue weighted by atomic mass is 19.1. The van der Waals surface area contributed by atoms with Gasteiger partial charge in [0.05, 0.1) is 5.97 Å². The van der Waals surface area contributed by atoms with Crippen LogP contribution >= 0.6 is 0 Å². The maximum absolute atomic E-state index is 13.0. The Morgan fingerprint density at radius 3 is 2.50 bits per heavy atom. The second kappa shape index (κ2) is 7.17. The smallest absolute Gasteiger partial charge is 0.185 e. The topological polar surface area (TPSA) is 66.4 Å². The number of allylic oxidation sites excluding steroid dienone is 1. The molecule has 0 heterocycles. The molecule has 0 fully saturated rings. The predicted octanol–water partition coefficient (Wildman–Crippen LogP) is 1.85. The third-order valence-electron chi connectivity index (χ3n) is 2.77. The van der Waals surface area contributed by atoms with Crippen molar-refractivity contribution in [3.05, 3.63) is 71.6 Å². The summed E-state index contributed by atoms with van der Waals surface area (Å²) in [6.45, 7) is -0.549. The molecule has 0 unspecified atom stereocenters. The molecule has 2 rings (SSSR count). The first kappa shape index (κ1) is 15.4. The monoisotopic (exact) mass is 299 g/mol. The molecule has 2 aromatic carbocycles. The molecule has 0 saturated heterocycles. The van der Waals surface area contributed by atoms with Crippen LogP contribution < -0.4 is 9.84 Å². The van der Waals surface area contributed by atoms with Crippen molar-refractivity contribution >= 4 is 17.8 Å². The SMILES string of the molecule is O=C([O-])COc1ccc(C(=O)/C=C/c2cccc(F)c2)cc1. The van der Waals surface area contributed by atoms with Gasteiger partial charge in [0.15, 0.2) is 5.78 Å². The highest BCUT2D eigenvalue weighted by Crippen LogP contribution is 2.13. The molecule has 0 aliphatic carbocycles. The third kappa shape index (κ3) is 4.56. The highest BCUT2D eigenvalue weighted by Gasteiger charge is 2.02. The number of carbonyl (C=O) groups is 2. The molecule has 112 valence electrons. The van der Waals surface area contributed by atoms with E-state index in [1.54, 1.807) is 12.1 Å². The molecule has 0 aliphatic heterocycles. The number of hydrogen-bond donors (Lipinski definition) is 0. The average molecular weight is 299 g/mol. The molecule has 4 nitrogen and oxygen atoms in total. The van der Waals surface area contributed by atoms with E-state index in [1.807, 2.05) is 0 Å². The van der Waals surface area contributed by atoms with E-state index in [0.717, 1.165) is 0 Å². The van der Waals surface area contributed by atoms with E-state index >= 15 is 0 Å². The van der Waals surface area contributed by atoms with Gasteiger partial charge >= 0.3 is 0 Å². The van der Waals surface area contributed by atoms with Gasteiger partial charge in [-0.15, -0.1) is 0 Å². The first-order valence-corrected chi connectivity index (χ1v) is 6.45. The molecule has 0 atom stereocenters. The summed E-state index contributed by atoms with van der Waals surface area (Å²) in [5.41, 5.74) is 0.996. The molecule has 5 heteroatoms. The summed E-state index contributed by atoms with van der Waals surface area (Å²) < 4.78 is 17.9. The molecular formula is C17H12FO4-. The maximum Gasteiger partial charge on any atom is 0.185 e. The van der Waals surface area contributed by atoms with Gasteiger partial charge in [0.25, 0.3) is 0 Å². The van der Waals surface area contributed by atoms with Gasteiger partial charge in [0.1, 0.15) is 18.2 Å². The zero-order valence-electron chi connectivity index (χ0n) is 11.5. The van der Waals surface area contributed by atoms with Gasteiger partial charge in [-0.3, -0.25) is 4.79 Å². The van der Waals surface area contributed by atoms with E-state index < -0.39 is 12.6 Å². The number of rotatable bonds is 6. The minimum absolute atomic E-state index is 0.254. The summed E-state index contributed by atoms with van der Waals surface area (Å²) in [6.07, 6.45) is 2.86. The quantitative estimate of drug-likeness (QED) is 0.603. The van der Waals surface area contributed by atoms with Crippen LogP contribution in [0, 0.1) is 5.82 Å². The van der Waals surface area contributed by atoms with Gasteiger partial charge in [-0.2, -0.15) is 0 Å². The molecule has 0 saturated carbocycles. The summed E-state index contributed by atoms with van der Waals surface area (Å²) in [5.74, 6) is -1.62. The molecule has 0 aliphatic rings. The van der Waals surface area contributed by atoms with E-state index in [1.165, 1.54) is 48.6 Å². The second-order valence-electron chi connectivity index (χ2n) is 4.44. The Balaban J connectivity index is 2.02. The van der Waals surface area contributed by atoms with Crippen molar-refractivity contribution in [2.75, 3.05) is 6.61 Å². The van der Waals surface area contributed by atoms with Crippen molar-refractivity contribution in [3.63, 3.8) is 0 Å². The van der Waals surface area contributed by atoms with E-state index in [-0.39, 0.29) is 11.6 Å². The number of aliphatic carboxylic acids is 1. The van der Waals surface area contributed by atoms with Gasteiger partial charge in [0, 0.05) is 5.56 Å². The van der Waals surface area contributed by atoms with Gasteiger partial charge in [-0.1, -0.05) is 18.2 Å². The largest absolute Gasteiger partial charge is 0.546 e. The molecule has 22 heavy (non-hydrogen) atoms. The van der Waals surface area contributed by atoms with Gasteiger partial charge in [-0.25, -0.2) is 4.39 Å². The van der Waals surface area contributed by atoms with E-state index in [0.29, 0.717) is 16.9 Å². The number of benzene rings is 2. The number of hydrogen-bond acceptors (Lipinski definition) is 4. The van der Waals surface area contributed by atoms with Crippen LogP contribution in [0.3, 0.4) is 0 Å². The summed E-state index contributed by atoms with van der Waals surface area (Å²) in [6, 6.07) is 11.9. The van der Waals surface area contributed by atoms with Gasteiger partial charge in [0.2, 0.25) is 0 Å². The number of ketones is 1. The standard InChI is InChI=1S/C17H13FO4/c18-14-3-1-2-12(10-14)4-9-16(19)13-5-7-15(8-6-13)22-11-17(20)21/h1-10H,11H2,(H,20,21)/p-1/b9-4+. The van der Waals surface area contributed by atoms with Crippen LogP contribution in [0.25, 0.3) is 6.08 Å². The van der Waals surface area contributed by atoms with Crippen LogP contribution in [-0.2, 0) is 4.79 Å². The Hall–Kier alpha value is -2.95. The summed E-state index contributed by atoms with van der Waals surface area (Å²) in [7, 11) is 0. The summed E-state index contributed by atoms with van der Waals surface area (Å²) in [5, 5.41) is 10.3. The molecule has 2 aromatic rings. The van der Waals surface area contributed by atoms with Crippen LogP contribution in [0.4, 0.5) is 4.39 Å². The fraction of sp³-hybridized carbons (Fsp3) is 0.0588. The van der Waals surface area contributed by atoms with E-state index in [9.17, 15) is 19.1 Å². The molecule has 0 aromatic heterocycles. The first-order chi connectivity index (χ1) is 10.5. The van der Waals surface area contributed by atoms with Crippen LogP contribution in [0.2, 0.25) is 0 Å². The minimum atomic E-state index is -1.32. The van der Waals surface area contributed by atoms with Crippen molar-refractivity contribution in [1.82, 2.24) is 0 Å². The van der Waals surface area contributed by atoms with Crippen LogP contribution in [0.15, 0.2) is 54.6 Å². The minimum Gasteiger partial charge on any atom is -0.546 e. The highest BCUT2D eigenvalue weighted by molar-refractivity contribution is 6.06. The Bertz CT molecular complexity index is 705. The Morgan fingerprint density at radius 1 is 1.14 bits per heavy atom. The number of carbonyl (C=O) groups excluding carboxylic acids is 2. The molecular weight excluding hydrogens is 287 g/mol. The fourth-order valence-electron chi connectivity index (χ4n) is 1.74. The Kier molecular flexibility index (Phi) is 5.03. The number of carboxylic acid groups (broad SMARTS) is 1. The van der Waals surface area contributed by atoms with Gasteiger partial charge < -0.3 is 14.6 Å². The normalized spacial score (nSPS) is 10.6. The molecule has 0 N–H and O–H groups in total.